The number of esters is 1. The van der Waals surface area contributed by atoms with E-state index in [9.17, 15) is 9.59 Å². The van der Waals surface area contributed by atoms with Gasteiger partial charge in [0.2, 0.25) is 0 Å². The van der Waals surface area contributed by atoms with Crippen molar-refractivity contribution < 1.29 is 14.3 Å². The van der Waals surface area contributed by atoms with Gasteiger partial charge in [-0.1, -0.05) is 50.6 Å². The first-order valence-corrected chi connectivity index (χ1v) is 10.6. The Morgan fingerprint density at radius 2 is 2.00 bits per heavy atom. The van der Waals surface area contributed by atoms with Gasteiger partial charge in [-0.05, 0) is 44.9 Å². The van der Waals surface area contributed by atoms with Gasteiger partial charge in [0.25, 0.3) is 0 Å². The van der Waals surface area contributed by atoms with Crippen LogP contribution in [0.5, 0.6) is 0 Å². The second-order valence-corrected chi connectivity index (χ2v) is 9.95. The smallest absolute Gasteiger partial charge is 0.302 e. The summed E-state index contributed by atoms with van der Waals surface area (Å²) in [5.74, 6) is 0.516. The SMILES string of the molecule is CC1=CCC(C(C)(C)S)CC1.CCCC(CCOC(C)=O)SC(C)=O. The van der Waals surface area contributed by atoms with Crippen molar-refractivity contribution in [1.82, 2.24) is 0 Å². The lowest BCUT2D eigenvalue weighted by atomic mass is 9.82. The summed E-state index contributed by atoms with van der Waals surface area (Å²) in [7, 11) is 0. The maximum Gasteiger partial charge on any atom is 0.302 e. The van der Waals surface area contributed by atoms with Gasteiger partial charge in [0.1, 0.15) is 0 Å². The summed E-state index contributed by atoms with van der Waals surface area (Å²) >= 11 is 5.94. The van der Waals surface area contributed by atoms with Crippen LogP contribution in [0.1, 0.15) is 80.1 Å². The van der Waals surface area contributed by atoms with Crippen LogP contribution in [-0.4, -0.2) is 27.7 Å². The van der Waals surface area contributed by atoms with Crippen molar-refractivity contribution in [3.63, 3.8) is 0 Å². The molecule has 0 fully saturated rings. The minimum atomic E-state index is -0.256. The van der Waals surface area contributed by atoms with Crippen LogP contribution in [-0.2, 0) is 14.3 Å². The fourth-order valence-corrected chi connectivity index (χ4v) is 4.03. The van der Waals surface area contributed by atoms with Gasteiger partial charge >= 0.3 is 5.97 Å². The number of carbonyl (C=O) groups is 2. The molecule has 1 rings (SSSR count). The molecule has 5 heteroatoms. The third-order valence-electron chi connectivity index (χ3n) is 4.33. The summed E-state index contributed by atoms with van der Waals surface area (Å²) in [6.45, 7) is 12.1. The van der Waals surface area contributed by atoms with Crippen LogP contribution in [0, 0.1) is 5.92 Å². The molecule has 0 N–H and O–H groups in total. The molecule has 0 amide bonds. The molecular formula is C20H36O3S2. The van der Waals surface area contributed by atoms with E-state index < -0.39 is 0 Å². The van der Waals surface area contributed by atoms with Crippen LogP contribution in [0.25, 0.3) is 0 Å². The molecule has 0 bridgehead atoms. The van der Waals surface area contributed by atoms with Crippen molar-refractivity contribution in [2.24, 2.45) is 5.92 Å². The summed E-state index contributed by atoms with van der Waals surface area (Å²) < 4.78 is 5.04. The maximum absolute atomic E-state index is 10.9. The fraction of sp³-hybridized carbons (Fsp3) is 0.800. The van der Waals surface area contributed by atoms with Gasteiger partial charge in [0.05, 0.1) is 6.61 Å². The van der Waals surface area contributed by atoms with Crippen molar-refractivity contribution >= 4 is 35.5 Å². The average molecular weight is 389 g/mol. The molecule has 2 atom stereocenters. The van der Waals surface area contributed by atoms with Crippen LogP contribution in [0.4, 0.5) is 0 Å². The van der Waals surface area contributed by atoms with E-state index in [-0.39, 0.29) is 21.1 Å². The van der Waals surface area contributed by atoms with Crippen molar-refractivity contribution in [2.45, 2.75) is 90.1 Å². The summed E-state index contributed by atoms with van der Waals surface area (Å²) in [5.41, 5.74) is 1.55. The Morgan fingerprint density at radius 1 is 1.36 bits per heavy atom. The first-order valence-electron chi connectivity index (χ1n) is 9.24. The molecule has 0 aromatic heterocycles. The highest BCUT2D eigenvalue weighted by Crippen LogP contribution is 2.35. The van der Waals surface area contributed by atoms with Gasteiger partial charge in [-0.2, -0.15) is 12.6 Å². The molecule has 0 aromatic carbocycles. The van der Waals surface area contributed by atoms with E-state index in [0.29, 0.717) is 6.61 Å². The van der Waals surface area contributed by atoms with Crippen molar-refractivity contribution in [3.05, 3.63) is 11.6 Å². The van der Waals surface area contributed by atoms with Crippen LogP contribution in [0.2, 0.25) is 0 Å². The second kappa shape index (κ2) is 12.9. The zero-order chi connectivity index (χ0) is 19.5. The maximum atomic E-state index is 10.9. The minimum Gasteiger partial charge on any atom is -0.466 e. The summed E-state index contributed by atoms with van der Waals surface area (Å²) in [5, 5.41) is 0.420. The molecule has 1 aliphatic rings. The van der Waals surface area contributed by atoms with Crippen molar-refractivity contribution in [1.29, 1.82) is 0 Å². The predicted molar refractivity (Wildman–Crippen MR) is 112 cm³/mol. The van der Waals surface area contributed by atoms with Gasteiger partial charge in [-0.3, -0.25) is 9.59 Å². The number of allylic oxidation sites excluding steroid dienone is 2. The van der Waals surface area contributed by atoms with Crippen molar-refractivity contribution in [3.8, 4) is 0 Å². The van der Waals surface area contributed by atoms with E-state index in [1.54, 1.807) is 12.5 Å². The standard InChI is InChI=1S/C10H18O3S.C10H18S/c1-4-5-10(14-9(3)12)6-7-13-8(2)11;1-8-4-6-9(7-5-8)10(2,3)11/h10H,4-7H2,1-3H3;4,9,11H,5-7H2,1-3H3. The van der Waals surface area contributed by atoms with E-state index in [4.69, 9.17) is 4.74 Å². The van der Waals surface area contributed by atoms with Crippen LogP contribution < -0.4 is 0 Å². The molecule has 0 heterocycles. The number of thioether (sulfide) groups is 1. The molecule has 146 valence electrons. The monoisotopic (exact) mass is 388 g/mol. The lowest BCUT2D eigenvalue weighted by Crippen LogP contribution is -2.25. The number of hydrogen-bond donors (Lipinski definition) is 1. The third kappa shape index (κ3) is 13.4. The van der Waals surface area contributed by atoms with Gasteiger partial charge in [-0.25, -0.2) is 0 Å². The Balaban J connectivity index is 0.000000472. The number of carbonyl (C=O) groups excluding carboxylic acids is 2. The minimum absolute atomic E-state index is 0.131. The number of thiol groups is 1. The topological polar surface area (TPSA) is 43.4 Å². The van der Waals surface area contributed by atoms with E-state index in [1.807, 2.05) is 0 Å². The largest absolute Gasteiger partial charge is 0.466 e. The highest BCUT2D eigenvalue weighted by Gasteiger charge is 2.26. The molecule has 1 aliphatic carbocycles. The highest BCUT2D eigenvalue weighted by atomic mass is 32.2. The number of rotatable bonds is 7. The number of ether oxygens (including phenoxy) is 1. The lowest BCUT2D eigenvalue weighted by Gasteiger charge is -2.31. The molecule has 0 saturated heterocycles. The fourth-order valence-electron chi connectivity index (χ4n) is 2.76. The Hall–Kier alpha value is -0.420. The second-order valence-electron chi connectivity index (χ2n) is 7.32. The third-order valence-corrected chi connectivity index (χ3v) is 5.83. The van der Waals surface area contributed by atoms with Crippen molar-refractivity contribution in [2.75, 3.05) is 6.61 Å². The van der Waals surface area contributed by atoms with E-state index in [2.05, 4.69) is 46.4 Å². The summed E-state index contributed by atoms with van der Waals surface area (Å²) in [4.78, 5) is 21.4. The summed E-state index contributed by atoms with van der Waals surface area (Å²) in [6, 6.07) is 0. The van der Waals surface area contributed by atoms with Gasteiger partial charge < -0.3 is 4.74 Å². The predicted octanol–water partition coefficient (Wildman–Crippen LogP) is 5.83. The van der Waals surface area contributed by atoms with Gasteiger partial charge in [-0.15, -0.1) is 0 Å². The molecule has 0 spiro atoms. The quantitative estimate of drug-likeness (QED) is 0.338. The number of hydrogen-bond acceptors (Lipinski definition) is 5. The Morgan fingerprint density at radius 3 is 2.40 bits per heavy atom. The first kappa shape index (κ1) is 24.6. The Kier molecular flexibility index (Phi) is 12.6. The van der Waals surface area contributed by atoms with E-state index in [1.165, 1.54) is 37.9 Å². The van der Waals surface area contributed by atoms with Crippen LogP contribution >= 0.6 is 24.4 Å². The lowest BCUT2D eigenvalue weighted by molar-refractivity contribution is -0.141. The van der Waals surface area contributed by atoms with E-state index >= 15 is 0 Å². The Bertz CT molecular complexity index is 439. The molecule has 2 unspecified atom stereocenters. The molecule has 25 heavy (non-hydrogen) atoms. The van der Waals surface area contributed by atoms with Crippen LogP contribution in [0.15, 0.2) is 11.6 Å². The zero-order valence-corrected chi connectivity index (χ0v) is 18.5. The molecular weight excluding hydrogens is 352 g/mol. The van der Waals surface area contributed by atoms with Gasteiger partial charge in [0, 0.05) is 23.8 Å². The molecule has 0 aliphatic heterocycles. The zero-order valence-electron chi connectivity index (χ0n) is 16.8. The van der Waals surface area contributed by atoms with Crippen LogP contribution in [0.3, 0.4) is 0 Å². The van der Waals surface area contributed by atoms with E-state index in [0.717, 1.165) is 25.2 Å². The molecule has 0 aromatic rings. The summed E-state index contributed by atoms with van der Waals surface area (Å²) in [6.07, 6.45) is 8.98. The van der Waals surface area contributed by atoms with Gasteiger partial charge in [0.15, 0.2) is 5.12 Å². The molecule has 0 radical (unpaired) electrons. The molecule has 0 saturated carbocycles. The Labute approximate surface area is 164 Å². The first-order chi connectivity index (χ1) is 11.6. The highest BCUT2D eigenvalue weighted by molar-refractivity contribution is 8.14. The molecule has 3 nitrogen and oxygen atoms in total. The average Bonchev–Trinajstić information content (AvgIpc) is 2.46. The normalized spacial score (nSPS) is 18.5.